The topological polar surface area (TPSA) is 54.5 Å². The highest BCUT2D eigenvalue weighted by molar-refractivity contribution is 6.28. The summed E-state index contributed by atoms with van der Waals surface area (Å²) in [4.78, 5) is 8.24. The van der Waals surface area contributed by atoms with Crippen molar-refractivity contribution in [3.05, 3.63) is 23.7 Å². The molecule has 0 atom stereocenters. The molecule has 0 unspecified atom stereocenters. The lowest BCUT2D eigenvalue weighted by molar-refractivity contribution is 0.273. The minimum atomic E-state index is -0.461. The van der Waals surface area contributed by atoms with Crippen molar-refractivity contribution < 1.29 is 0 Å². The standard InChI is InChI=1S/C13H13ClN4/c14-12-16-8-10-4-7-18(11(10)17-12)13(9-15)5-2-1-3-6-13/h4,7-8H,1-3,5-6H2. The van der Waals surface area contributed by atoms with Crippen molar-refractivity contribution in [2.45, 2.75) is 37.6 Å². The zero-order valence-electron chi connectivity index (χ0n) is 9.93. The number of hydrogen-bond donors (Lipinski definition) is 0. The lowest BCUT2D eigenvalue weighted by Gasteiger charge is -2.32. The van der Waals surface area contributed by atoms with Crippen molar-refractivity contribution >= 4 is 22.6 Å². The van der Waals surface area contributed by atoms with Crippen molar-refractivity contribution in [2.24, 2.45) is 0 Å². The summed E-state index contributed by atoms with van der Waals surface area (Å²) in [7, 11) is 0. The summed E-state index contributed by atoms with van der Waals surface area (Å²) in [6, 6.07) is 4.43. The second kappa shape index (κ2) is 4.25. The molecule has 1 saturated carbocycles. The number of nitriles is 1. The summed E-state index contributed by atoms with van der Waals surface area (Å²) in [6.07, 6.45) is 8.79. The molecule has 0 aromatic carbocycles. The van der Waals surface area contributed by atoms with Crippen LogP contribution in [0.15, 0.2) is 18.5 Å². The second-order valence-corrected chi connectivity index (χ2v) is 5.15. The number of aromatic nitrogens is 3. The van der Waals surface area contributed by atoms with E-state index in [1.807, 2.05) is 16.8 Å². The van der Waals surface area contributed by atoms with Crippen LogP contribution in [-0.4, -0.2) is 14.5 Å². The van der Waals surface area contributed by atoms with Crippen molar-refractivity contribution in [3.8, 4) is 6.07 Å². The predicted octanol–water partition coefficient (Wildman–Crippen LogP) is 3.27. The van der Waals surface area contributed by atoms with E-state index in [2.05, 4.69) is 16.0 Å². The van der Waals surface area contributed by atoms with E-state index >= 15 is 0 Å². The van der Waals surface area contributed by atoms with Gasteiger partial charge in [0.1, 0.15) is 11.2 Å². The summed E-state index contributed by atoms with van der Waals surface area (Å²) in [6.45, 7) is 0. The average molecular weight is 261 g/mol. The Kier molecular flexibility index (Phi) is 2.71. The van der Waals surface area contributed by atoms with E-state index in [1.54, 1.807) is 6.20 Å². The maximum absolute atomic E-state index is 9.59. The van der Waals surface area contributed by atoms with Gasteiger partial charge in [0.25, 0.3) is 0 Å². The maximum Gasteiger partial charge on any atom is 0.224 e. The molecule has 0 saturated heterocycles. The van der Waals surface area contributed by atoms with E-state index in [1.165, 1.54) is 6.42 Å². The third-order valence-corrected chi connectivity index (χ3v) is 3.93. The monoisotopic (exact) mass is 260 g/mol. The van der Waals surface area contributed by atoms with E-state index in [-0.39, 0.29) is 5.28 Å². The fraction of sp³-hybridized carbons (Fsp3) is 0.462. The maximum atomic E-state index is 9.59. The Balaban J connectivity index is 2.18. The number of hydrogen-bond acceptors (Lipinski definition) is 3. The zero-order chi connectivity index (χ0) is 12.6. The van der Waals surface area contributed by atoms with Gasteiger partial charge in [-0.15, -0.1) is 0 Å². The summed E-state index contributed by atoms with van der Waals surface area (Å²) >= 11 is 5.86. The van der Waals surface area contributed by atoms with Gasteiger partial charge in [0, 0.05) is 17.8 Å². The Labute approximate surface area is 110 Å². The molecule has 1 aliphatic carbocycles. The highest BCUT2D eigenvalue weighted by Crippen LogP contribution is 2.36. The van der Waals surface area contributed by atoms with Crippen molar-refractivity contribution in [1.29, 1.82) is 5.26 Å². The summed E-state index contributed by atoms with van der Waals surface area (Å²) in [5, 5.41) is 10.8. The van der Waals surface area contributed by atoms with Gasteiger partial charge < -0.3 is 4.57 Å². The molecule has 3 rings (SSSR count). The first-order valence-electron chi connectivity index (χ1n) is 6.16. The smallest absolute Gasteiger partial charge is 0.224 e. The van der Waals surface area contributed by atoms with Crippen LogP contribution in [0.25, 0.3) is 11.0 Å². The third-order valence-electron chi connectivity index (χ3n) is 3.75. The Hall–Kier alpha value is -1.60. The Morgan fingerprint density at radius 1 is 1.33 bits per heavy atom. The SMILES string of the molecule is N#CC1(n2ccc3cnc(Cl)nc32)CCCCC1. The van der Waals surface area contributed by atoms with Gasteiger partial charge in [-0.05, 0) is 30.5 Å². The highest BCUT2D eigenvalue weighted by atomic mass is 35.5. The van der Waals surface area contributed by atoms with E-state index in [0.717, 1.165) is 36.7 Å². The molecule has 0 amide bonds. The molecular formula is C13H13ClN4. The van der Waals surface area contributed by atoms with Crippen molar-refractivity contribution in [1.82, 2.24) is 14.5 Å². The van der Waals surface area contributed by atoms with Crippen LogP contribution in [0, 0.1) is 11.3 Å². The number of rotatable bonds is 1. The van der Waals surface area contributed by atoms with Gasteiger partial charge in [0.05, 0.1) is 6.07 Å². The van der Waals surface area contributed by atoms with Crippen LogP contribution >= 0.6 is 11.6 Å². The summed E-state index contributed by atoms with van der Waals surface area (Å²) in [5.41, 5.74) is 0.302. The number of halogens is 1. The Bertz CT molecular complexity index is 619. The van der Waals surface area contributed by atoms with Crippen LogP contribution < -0.4 is 0 Å². The minimum Gasteiger partial charge on any atom is -0.313 e. The molecule has 5 heteroatoms. The molecule has 0 spiro atoms. The molecule has 18 heavy (non-hydrogen) atoms. The molecule has 0 aliphatic heterocycles. The minimum absolute atomic E-state index is 0.228. The van der Waals surface area contributed by atoms with Crippen LogP contribution in [0.3, 0.4) is 0 Å². The molecule has 92 valence electrons. The van der Waals surface area contributed by atoms with Crippen LogP contribution in [0.1, 0.15) is 32.1 Å². The molecule has 4 nitrogen and oxygen atoms in total. The third kappa shape index (κ3) is 1.67. The average Bonchev–Trinajstić information content (AvgIpc) is 2.83. The molecule has 2 heterocycles. The molecular weight excluding hydrogens is 248 g/mol. The van der Waals surface area contributed by atoms with E-state index < -0.39 is 5.54 Å². The van der Waals surface area contributed by atoms with Gasteiger partial charge in [0.2, 0.25) is 5.28 Å². The molecule has 1 fully saturated rings. The molecule has 0 bridgehead atoms. The first kappa shape index (κ1) is 11.5. The van der Waals surface area contributed by atoms with Crippen molar-refractivity contribution in [3.63, 3.8) is 0 Å². The van der Waals surface area contributed by atoms with Crippen LogP contribution in [-0.2, 0) is 5.54 Å². The first-order chi connectivity index (χ1) is 8.75. The Morgan fingerprint density at radius 2 is 2.11 bits per heavy atom. The lowest BCUT2D eigenvalue weighted by atomic mass is 9.82. The van der Waals surface area contributed by atoms with Gasteiger partial charge in [-0.1, -0.05) is 19.3 Å². The first-order valence-corrected chi connectivity index (χ1v) is 6.54. The molecule has 0 N–H and O–H groups in total. The fourth-order valence-corrected chi connectivity index (χ4v) is 2.91. The predicted molar refractivity (Wildman–Crippen MR) is 69.2 cm³/mol. The van der Waals surface area contributed by atoms with Crippen LogP contribution in [0.2, 0.25) is 5.28 Å². The van der Waals surface area contributed by atoms with E-state index in [0.29, 0.717) is 0 Å². The quantitative estimate of drug-likeness (QED) is 0.740. The largest absolute Gasteiger partial charge is 0.313 e. The van der Waals surface area contributed by atoms with E-state index in [9.17, 15) is 5.26 Å². The summed E-state index contributed by atoms with van der Waals surface area (Å²) < 4.78 is 1.98. The number of nitrogens with zero attached hydrogens (tertiary/aromatic N) is 4. The molecule has 2 aromatic rings. The van der Waals surface area contributed by atoms with Gasteiger partial charge >= 0.3 is 0 Å². The van der Waals surface area contributed by atoms with Gasteiger partial charge in [-0.2, -0.15) is 10.2 Å². The molecule has 1 aliphatic rings. The second-order valence-electron chi connectivity index (χ2n) is 4.81. The normalized spacial score (nSPS) is 18.7. The molecule has 2 aromatic heterocycles. The van der Waals surface area contributed by atoms with Crippen molar-refractivity contribution in [2.75, 3.05) is 0 Å². The Morgan fingerprint density at radius 3 is 2.83 bits per heavy atom. The fourth-order valence-electron chi connectivity index (χ4n) is 2.79. The highest BCUT2D eigenvalue weighted by Gasteiger charge is 2.35. The van der Waals surface area contributed by atoms with Crippen LogP contribution in [0.4, 0.5) is 0 Å². The van der Waals surface area contributed by atoms with Gasteiger partial charge in [0.15, 0.2) is 0 Å². The molecule has 0 radical (unpaired) electrons. The van der Waals surface area contributed by atoms with E-state index in [4.69, 9.17) is 11.6 Å². The van der Waals surface area contributed by atoms with Gasteiger partial charge in [-0.3, -0.25) is 0 Å². The van der Waals surface area contributed by atoms with Crippen LogP contribution in [0.5, 0.6) is 0 Å². The zero-order valence-corrected chi connectivity index (χ0v) is 10.7. The lowest BCUT2D eigenvalue weighted by Crippen LogP contribution is -2.33. The number of fused-ring (bicyclic) bond motifs is 1. The van der Waals surface area contributed by atoms with Gasteiger partial charge in [-0.25, -0.2) is 4.98 Å². The summed E-state index contributed by atoms with van der Waals surface area (Å²) in [5.74, 6) is 0.